The van der Waals surface area contributed by atoms with Gasteiger partial charge in [-0.25, -0.2) is 0 Å². The minimum Gasteiger partial charge on any atom is -0.374 e. The van der Waals surface area contributed by atoms with Crippen LogP contribution in [0.2, 0.25) is 0 Å². The normalized spacial score (nSPS) is 14.0. The molecular weight excluding hydrogens is 222 g/mol. The van der Waals surface area contributed by atoms with Gasteiger partial charge in [-0.15, -0.1) is 0 Å². The molecule has 1 N–H and O–H groups in total. The lowest BCUT2D eigenvalue weighted by Gasteiger charge is -2.29. The second-order valence-electron chi connectivity index (χ2n) is 5.25. The number of rotatable bonds is 6. The number of anilines is 1. The highest BCUT2D eigenvalue weighted by Crippen LogP contribution is 2.15. The summed E-state index contributed by atoms with van der Waals surface area (Å²) in [5.74, 6) is 0. The molecule has 0 aliphatic heterocycles. The first-order chi connectivity index (χ1) is 8.47. The molecule has 1 atom stereocenters. The highest BCUT2D eigenvalue weighted by molar-refractivity contribution is 5.45. The molecule has 1 unspecified atom stereocenters. The SMILES string of the molecule is CC(C)NC(C)(C#N)CCN(C)c1ccccc1. The van der Waals surface area contributed by atoms with E-state index in [1.807, 2.05) is 25.1 Å². The van der Waals surface area contributed by atoms with Crippen molar-refractivity contribution in [3.05, 3.63) is 30.3 Å². The molecule has 18 heavy (non-hydrogen) atoms. The van der Waals surface area contributed by atoms with Crippen molar-refractivity contribution in [2.75, 3.05) is 18.5 Å². The van der Waals surface area contributed by atoms with E-state index in [2.05, 4.69) is 49.3 Å². The van der Waals surface area contributed by atoms with Gasteiger partial charge in [0.2, 0.25) is 0 Å². The van der Waals surface area contributed by atoms with Crippen LogP contribution < -0.4 is 10.2 Å². The van der Waals surface area contributed by atoms with Crippen molar-refractivity contribution >= 4 is 5.69 Å². The minimum absolute atomic E-state index is 0.316. The van der Waals surface area contributed by atoms with Crippen molar-refractivity contribution in [1.29, 1.82) is 5.26 Å². The van der Waals surface area contributed by atoms with Gasteiger partial charge >= 0.3 is 0 Å². The van der Waals surface area contributed by atoms with Crippen LogP contribution in [-0.2, 0) is 0 Å². The van der Waals surface area contributed by atoms with Gasteiger partial charge in [-0.05, 0) is 39.3 Å². The van der Waals surface area contributed by atoms with Gasteiger partial charge in [0.1, 0.15) is 5.54 Å². The van der Waals surface area contributed by atoms with Crippen LogP contribution in [0.5, 0.6) is 0 Å². The summed E-state index contributed by atoms with van der Waals surface area (Å²) >= 11 is 0. The number of nitrogens with zero attached hydrogens (tertiary/aromatic N) is 2. The molecule has 1 aromatic rings. The van der Waals surface area contributed by atoms with Crippen molar-refractivity contribution in [3.63, 3.8) is 0 Å². The van der Waals surface area contributed by atoms with Crippen LogP contribution in [0.25, 0.3) is 0 Å². The standard InChI is InChI=1S/C15H23N3/c1-13(2)17-15(3,12-16)10-11-18(4)14-8-6-5-7-9-14/h5-9,13,17H,10-11H2,1-4H3. The van der Waals surface area contributed by atoms with Crippen molar-refractivity contribution in [1.82, 2.24) is 5.32 Å². The van der Waals surface area contributed by atoms with Crippen molar-refractivity contribution in [2.45, 2.75) is 38.8 Å². The number of hydrogen-bond acceptors (Lipinski definition) is 3. The summed E-state index contributed by atoms with van der Waals surface area (Å²) < 4.78 is 0. The molecule has 0 aliphatic rings. The van der Waals surface area contributed by atoms with Crippen molar-refractivity contribution in [3.8, 4) is 6.07 Å². The molecule has 0 saturated carbocycles. The molecular formula is C15H23N3. The Morgan fingerprint density at radius 1 is 1.33 bits per heavy atom. The molecule has 0 aromatic heterocycles. The van der Waals surface area contributed by atoms with Crippen LogP contribution in [-0.4, -0.2) is 25.2 Å². The Labute approximate surface area is 110 Å². The zero-order valence-corrected chi connectivity index (χ0v) is 11.8. The summed E-state index contributed by atoms with van der Waals surface area (Å²) in [4.78, 5) is 2.18. The highest BCUT2D eigenvalue weighted by atomic mass is 15.1. The van der Waals surface area contributed by atoms with Crippen molar-refractivity contribution < 1.29 is 0 Å². The van der Waals surface area contributed by atoms with E-state index in [0.29, 0.717) is 6.04 Å². The predicted molar refractivity (Wildman–Crippen MR) is 76.6 cm³/mol. The average Bonchev–Trinajstić information content (AvgIpc) is 2.36. The first-order valence-corrected chi connectivity index (χ1v) is 6.42. The Kier molecular flexibility index (Phi) is 5.18. The predicted octanol–water partition coefficient (Wildman–Crippen LogP) is 2.79. The second kappa shape index (κ2) is 6.42. The van der Waals surface area contributed by atoms with E-state index in [-0.39, 0.29) is 0 Å². The molecule has 0 radical (unpaired) electrons. The molecule has 1 aromatic carbocycles. The van der Waals surface area contributed by atoms with Crippen LogP contribution in [0.3, 0.4) is 0 Å². The van der Waals surface area contributed by atoms with Crippen molar-refractivity contribution in [2.24, 2.45) is 0 Å². The average molecular weight is 245 g/mol. The zero-order valence-electron chi connectivity index (χ0n) is 11.8. The van der Waals surface area contributed by atoms with E-state index in [1.54, 1.807) is 0 Å². The summed E-state index contributed by atoms with van der Waals surface area (Å²) in [6, 6.07) is 12.9. The zero-order chi connectivity index (χ0) is 13.6. The Balaban J connectivity index is 2.56. The van der Waals surface area contributed by atoms with Crippen LogP contribution in [0.15, 0.2) is 30.3 Å². The molecule has 0 saturated heterocycles. The van der Waals surface area contributed by atoms with Crippen LogP contribution in [0, 0.1) is 11.3 Å². The van der Waals surface area contributed by atoms with Gasteiger partial charge in [-0.3, -0.25) is 5.32 Å². The number of hydrogen-bond donors (Lipinski definition) is 1. The summed E-state index contributed by atoms with van der Waals surface area (Å²) in [5.41, 5.74) is 0.722. The van der Waals surface area contributed by atoms with Gasteiger partial charge in [-0.1, -0.05) is 18.2 Å². The third kappa shape index (κ3) is 4.38. The molecule has 0 fully saturated rings. The molecule has 1 rings (SSSR count). The second-order valence-corrected chi connectivity index (χ2v) is 5.25. The Morgan fingerprint density at radius 3 is 2.44 bits per heavy atom. The maximum Gasteiger partial charge on any atom is 0.105 e. The summed E-state index contributed by atoms with van der Waals surface area (Å²) in [6.07, 6.45) is 0.799. The van der Waals surface area contributed by atoms with E-state index >= 15 is 0 Å². The third-order valence-corrected chi connectivity index (χ3v) is 3.00. The van der Waals surface area contributed by atoms with Gasteiger partial charge in [-0.2, -0.15) is 5.26 Å². The maximum absolute atomic E-state index is 9.29. The van der Waals surface area contributed by atoms with E-state index < -0.39 is 5.54 Å². The fourth-order valence-electron chi connectivity index (χ4n) is 2.00. The lowest BCUT2D eigenvalue weighted by atomic mass is 9.98. The Morgan fingerprint density at radius 2 is 1.94 bits per heavy atom. The van der Waals surface area contributed by atoms with Gasteiger partial charge in [0.25, 0.3) is 0 Å². The van der Waals surface area contributed by atoms with Crippen LogP contribution in [0.1, 0.15) is 27.2 Å². The summed E-state index contributed by atoms with van der Waals surface area (Å²) in [6.45, 7) is 6.95. The van der Waals surface area contributed by atoms with E-state index in [4.69, 9.17) is 0 Å². The van der Waals surface area contributed by atoms with Gasteiger partial charge in [0.05, 0.1) is 6.07 Å². The molecule has 0 heterocycles. The van der Waals surface area contributed by atoms with E-state index in [9.17, 15) is 5.26 Å². The van der Waals surface area contributed by atoms with Crippen LogP contribution in [0.4, 0.5) is 5.69 Å². The molecule has 3 heteroatoms. The molecule has 98 valence electrons. The van der Waals surface area contributed by atoms with Gasteiger partial charge < -0.3 is 4.90 Å². The van der Waals surface area contributed by atoms with Gasteiger partial charge in [0, 0.05) is 25.3 Å². The minimum atomic E-state index is -0.461. The number of nitrogens with one attached hydrogen (secondary N) is 1. The largest absolute Gasteiger partial charge is 0.374 e. The third-order valence-electron chi connectivity index (χ3n) is 3.00. The Bertz CT molecular complexity index is 394. The summed E-state index contributed by atoms with van der Waals surface area (Å²) in [5, 5.41) is 12.6. The number of benzene rings is 1. The first-order valence-electron chi connectivity index (χ1n) is 6.42. The highest BCUT2D eigenvalue weighted by Gasteiger charge is 2.24. The lowest BCUT2D eigenvalue weighted by molar-refractivity contribution is 0.384. The number of nitriles is 1. The molecule has 0 bridgehead atoms. The molecule has 3 nitrogen and oxygen atoms in total. The molecule has 0 amide bonds. The van der Waals surface area contributed by atoms with E-state index in [1.165, 1.54) is 5.69 Å². The van der Waals surface area contributed by atoms with E-state index in [0.717, 1.165) is 13.0 Å². The van der Waals surface area contributed by atoms with Crippen LogP contribution >= 0.6 is 0 Å². The molecule has 0 aliphatic carbocycles. The topological polar surface area (TPSA) is 39.1 Å². The summed E-state index contributed by atoms with van der Waals surface area (Å²) in [7, 11) is 2.06. The fraction of sp³-hybridized carbons (Fsp3) is 0.533. The monoisotopic (exact) mass is 245 g/mol. The Hall–Kier alpha value is -1.53. The van der Waals surface area contributed by atoms with Gasteiger partial charge in [0.15, 0.2) is 0 Å². The first kappa shape index (κ1) is 14.5. The fourth-order valence-corrected chi connectivity index (χ4v) is 2.00. The lowest BCUT2D eigenvalue weighted by Crippen LogP contribution is -2.46. The quantitative estimate of drug-likeness (QED) is 0.837. The smallest absolute Gasteiger partial charge is 0.105 e. The number of para-hydroxylation sites is 1. The molecule has 0 spiro atoms. The maximum atomic E-state index is 9.29.